The van der Waals surface area contributed by atoms with E-state index in [0.717, 1.165) is 35.2 Å². The molecule has 6 rings (SSSR count). The molecule has 2 aromatic carbocycles. The Morgan fingerprint density at radius 2 is 1.62 bits per heavy atom. The molecule has 0 amide bonds. The third kappa shape index (κ3) is 4.56. The largest absolute Gasteiger partial charge is 0.457 e. The highest BCUT2D eigenvalue weighted by Crippen LogP contribution is 2.39. The number of H-pyrrole nitrogens is 1. The minimum atomic E-state index is -3.75. The smallest absolute Gasteiger partial charge is 0.238 e. The van der Waals surface area contributed by atoms with Crippen LogP contribution in [0.15, 0.2) is 65.8 Å². The minimum absolute atomic E-state index is 0.0367. The number of rotatable bonds is 6. The van der Waals surface area contributed by atoms with Crippen LogP contribution in [0.4, 0.5) is 0 Å². The zero-order valence-electron chi connectivity index (χ0n) is 19.8. The third-order valence-corrected chi connectivity index (χ3v) is 7.64. The standard InChI is InChI=1S/C25H24N8O3S/c26-37(34,35)20-12-10-19(11-13-20)36-18-8-6-16(7-9-18)21-14-27-25-22(24-29-31-32-30-24)15-28-33(25)23(21)17-4-2-1-3-5-17/h6-15,17H,1-5H2,(H2,26,34,35)(H,29,30,31,32). The molecule has 0 saturated heterocycles. The van der Waals surface area contributed by atoms with E-state index in [0.29, 0.717) is 28.9 Å². The summed E-state index contributed by atoms with van der Waals surface area (Å²) in [4.78, 5) is 4.78. The monoisotopic (exact) mass is 516 g/mol. The molecule has 0 unspecified atom stereocenters. The van der Waals surface area contributed by atoms with Gasteiger partial charge in [0.1, 0.15) is 11.5 Å². The highest BCUT2D eigenvalue weighted by Gasteiger charge is 2.25. The highest BCUT2D eigenvalue weighted by atomic mass is 32.2. The molecule has 3 N–H and O–H groups in total. The fourth-order valence-corrected chi connectivity index (χ4v) is 5.43. The maximum atomic E-state index is 11.5. The molecule has 3 aromatic heterocycles. The van der Waals surface area contributed by atoms with E-state index in [9.17, 15) is 8.42 Å². The number of aromatic amines is 1. The molecular weight excluding hydrogens is 492 g/mol. The predicted octanol–water partition coefficient (Wildman–Crippen LogP) is 4.06. The quantitative estimate of drug-likeness (QED) is 0.342. The zero-order chi connectivity index (χ0) is 25.4. The van der Waals surface area contributed by atoms with Gasteiger partial charge in [0, 0.05) is 17.7 Å². The van der Waals surface area contributed by atoms with Gasteiger partial charge in [-0.05, 0) is 65.2 Å². The van der Waals surface area contributed by atoms with Gasteiger partial charge in [0.15, 0.2) is 11.5 Å². The third-order valence-electron chi connectivity index (χ3n) is 6.71. The lowest BCUT2D eigenvalue weighted by molar-refractivity contribution is 0.431. The number of nitrogens with one attached hydrogen (secondary N) is 1. The predicted molar refractivity (Wildman–Crippen MR) is 135 cm³/mol. The second-order valence-electron chi connectivity index (χ2n) is 9.08. The molecular formula is C25H24N8O3S. The average molecular weight is 517 g/mol. The van der Waals surface area contributed by atoms with Crippen LogP contribution >= 0.6 is 0 Å². The summed E-state index contributed by atoms with van der Waals surface area (Å²) in [5, 5.41) is 24.1. The van der Waals surface area contributed by atoms with E-state index in [1.165, 1.54) is 31.4 Å². The molecule has 5 aromatic rings. The van der Waals surface area contributed by atoms with E-state index in [1.54, 1.807) is 18.3 Å². The van der Waals surface area contributed by atoms with Crippen LogP contribution in [0.3, 0.4) is 0 Å². The van der Waals surface area contributed by atoms with Crippen molar-refractivity contribution >= 4 is 15.7 Å². The van der Waals surface area contributed by atoms with Crippen molar-refractivity contribution in [1.82, 2.24) is 35.2 Å². The Kier molecular flexibility index (Phi) is 5.89. The van der Waals surface area contributed by atoms with E-state index < -0.39 is 10.0 Å². The van der Waals surface area contributed by atoms with E-state index in [-0.39, 0.29) is 4.90 Å². The number of hydrogen-bond acceptors (Lipinski definition) is 8. The molecule has 1 aliphatic rings. The number of tetrazole rings is 1. The van der Waals surface area contributed by atoms with Crippen LogP contribution in [0.2, 0.25) is 0 Å². The number of aromatic nitrogens is 7. The molecule has 0 spiro atoms. The van der Waals surface area contributed by atoms with Crippen molar-refractivity contribution in [3.63, 3.8) is 0 Å². The summed E-state index contributed by atoms with van der Waals surface area (Å²) >= 11 is 0. The van der Waals surface area contributed by atoms with Gasteiger partial charge in [0.05, 0.1) is 22.3 Å². The summed E-state index contributed by atoms with van der Waals surface area (Å²) in [6, 6.07) is 13.7. The van der Waals surface area contributed by atoms with Gasteiger partial charge in [-0.15, -0.1) is 5.10 Å². The van der Waals surface area contributed by atoms with Crippen molar-refractivity contribution in [3.8, 4) is 34.0 Å². The van der Waals surface area contributed by atoms with Crippen LogP contribution in [0.25, 0.3) is 28.2 Å². The van der Waals surface area contributed by atoms with E-state index in [2.05, 4.69) is 20.6 Å². The lowest BCUT2D eigenvalue weighted by atomic mass is 9.84. The van der Waals surface area contributed by atoms with Crippen molar-refractivity contribution < 1.29 is 13.2 Å². The Bertz CT molecular complexity index is 1640. The van der Waals surface area contributed by atoms with Crippen LogP contribution in [0.5, 0.6) is 11.5 Å². The summed E-state index contributed by atoms with van der Waals surface area (Å²) < 4.78 is 30.8. The highest BCUT2D eigenvalue weighted by molar-refractivity contribution is 7.89. The summed E-state index contributed by atoms with van der Waals surface area (Å²) in [6.07, 6.45) is 9.46. The molecule has 0 bridgehead atoms. The van der Waals surface area contributed by atoms with Crippen molar-refractivity contribution in [2.24, 2.45) is 5.14 Å². The normalized spacial score (nSPS) is 14.7. The molecule has 1 fully saturated rings. The van der Waals surface area contributed by atoms with E-state index in [1.807, 2.05) is 35.0 Å². The summed E-state index contributed by atoms with van der Waals surface area (Å²) in [5.41, 5.74) is 4.63. The van der Waals surface area contributed by atoms with Gasteiger partial charge in [-0.1, -0.05) is 31.4 Å². The molecule has 0 radical (unpaired) electrons. The molecule has 12 heteroatoms. The number of nitrogens with zero attached hydrogens (tertiary/aromatic N) is 6. The van der Waals surface area contributed by atoms with Crippen molar-refractivity contribution in [3.05, 3.63) is 66.6 Å². The molecule has 0 atom stereocenters. The number of hydrogen-bond donors (Lipinski definition) is 2. The second kappa shape index (κ2) is 9.37. The minimum Gasteiger partial charge on any atom is -0.457 e. The van der Waals surface area contributed by atoms with Crippen LogP contribution in [-0.4, -0.2) is 43.6 Å². The topological polar surface area (TPSA) is 154 Å². The first-order chi connectivity index (χ1) is 18.0. The lowest BCUT2D eigenvalue weighted by Crippen LogP contribution is -2.12. The van der Waals surface area contributed by atoms with Gasteiger partial charge >= 0.3 is 0 Å². The summed E-state index contributed by atoms with van der Waals surface area (Å²) in [5.74, 6) is 2.03. The number of benzene rings is 2. The Morgan fingerprint density at radius 3 is 2.27 bits per heavy atom. The van der Waals surface area contributed by atoms with Crippen molar-refractivity contribution in [1.29, 1.82) is 0 Å². The van der Waals surface area contributed by atoms with Gasteiger partial charge in [0.25, 0.3) is 0 Å². The number of primary sulfonamides is 1. The lowest BCUT2D eigenvalue weighted by Gasteiger charge is -2.25. The summed E-state index contributed by atoms with van der Waals surface area (Å²) in [7, 11) is -3.75. The average Bonchev–Trinajstić information content (AvgIpc) is 3.59. The Labute approximate surface area is 212 Å². The Balaban J connectivity index is 1.35. The van der Waals surface area contributed by atoms with E-state index in [4.69, 9.17) is 20.0 Å². The maximum Gasteiger partial charge on any atom is 0.238 e. The number of sulfonamides is 1. The molecule has 37 heavy (non-hydrogen) atoms. The number of ether oxygens (including phenoxy) is 1. The molecule has 1 saturated carbocycles. The first-order valence-corrected chi connectivity index (χ1v) is 13.5. The molecule has 0 aliphatic heterocycles. The molecule has 3 heterocycles. The first kappa shape index (κ1) is 23.3. The van der Waals surface area contributed by atoms with Crippen molar-refractivity contribution in [2.75, 3.05) is 0 Å². The SMILES string of the molecule is NS(=O)(=O)c1ccc(Oc2ccc(-c3cnc4c(-c5nnn[nH]5)cnn4c3C3CCCCC3)cc2)cc1. The fraction of sp³-hybridized carbons (Fsp3) is 0.240. The summed E-state index contributed by atoms with van der Waals surface area (Å²) in [6.45, 7) is 0. The van der Waals surface area contributed by atoms with Crippen LogP contribution in [0.1, 0.15) is 43.7 Å². The maximum absolute atomic E-state index is 11.5. The van der Waals surface area contributed by atoms with Gasteiger partial charge in [0.2, 0.25) is 10.0 Å². The van der Waals surface area contributed by atoms with Gasteiger partial charge in [-0.3, -0.25) is 0 Å². The Morgan fingerprint density at radius 1 is 0.919 bits per heavy atom. The van der Waals surface area contributed by atoms with E-state index >= 15 is 0 Å². The van der Waals surface area contributed by atoms with Crippen molar-refractivity contribution in [2.45, 2.75) is 42.9 Å². The van der Waals surface area contributed by atoms with Crippen LogP contribution < -0.4 is 9.88 Å². The van der Waals surface area contributed by atoms with Gasteiger partial charge < -0.3 is 4.74 Å². The van der Waals surface area contributed by atoms with Gasteiger partial charge in [-0.2, -0.15) is 5.10 Å². The number of nitrogens with two attached hydrogens (primary N) is 1. The van der Waals surface area contributed by atoms with Gasteiger partial charge in [-0.25, -0.2) is 28.2 Å². The first-order valence-electron chi connectivity index (χ1n) is 12.0. The molecule has 188 valence electrons. The molecule has 11 nitrogen and oxygen atoms in total. The van der Waals surface area contributed by atoms with Crippen LogP contribution in [0, 0.1) is 0 Å². The zero-order valence-corrected chi connectivity index (χ0v) is 20.6. The second-order valence-corrected chi connectivity index (χ2v) is 10.6. The van der Waals surface area contributed by atoms with Crippen LogP contribution in [-0.2, 0) is 10.0 Å². The fourth-order valence-electron chi connectivity index (χ4n) is 4.92. The number of fused-ring (bicyclic) bond motifs is 1. The Hall–Kier alpha value is -4.16. The molecule has 1 aliphatic carbocycles.